The van der Waals surface area contributed by atoms with E-state index in [0.29, 0.717) is 5.92 Å². The zero-order valence-electron chi connectivity index (χ0n) is 8.25. The minimum atomic E-state index is -0.160. The number of hydrogen-bond donors (Lipinski definition) is 1. The van der Waals surface area contributed by atoms with Gasteiger partial charge in [-0.3, -0.25) is 0 Å². The van der Waals surface area contributed by atoms with Crippen LogP contribution in [-0.4, -0.2) is 36.9 Å². The lowest BCUT2D eigenvalue weighted by atomic mass is 10.00. The average molecular weight is 192 g/mol. The zero-order chi connectivity index (χ0) is 9.40. The van der Waals surface area contributed by atoms with Crippen LogP contribution in [0.15, 0.2) is 0 Å². The van der Waals surface area contributed by atoms with Crippen molar-refractivity contribution < 1.29 is 9.84 Å². The lowest BCUT2D eigenvalue weighted by Crippen LogP contribution is -2.19. The van der Waals surface area contributed by atoms with Crippen LogP contribution in [0, 0.1) is 5.92 Å². The second-order valence-electron chi connectivity index (χ2n) is 3.11. The molecule has 3 heteroatoms. The smallest absolute Gasteiger partial charge is 0.0574 e. The molecule has 12 heavy (non-hydrogen) atoms. The monoisotopic (exact) mass is 192 g/mol. The molecule has 0 aromatic carbocycles. The van der Waals surface area contributed by atoms with Crippen LogP contribution in [0.3, 0.4) is 0 Å². The van der Waals surface area contributed by atoms with Gasteiger partial charge in [0.1, 0.15) is 0 Å². The van der Waals surface area contributed by atoms with Crippen molar-refractivity contribution in [3.05, 3.63) is 0 Å². The van der Waals surface area contributed by atoms with Gasteiger partial charge in [-0.25, -0.2) is 0 Å². The summed E-state index contributed by atoms with van der Waals surface area (Å²) in [5, 5.41) is 9.61. The first kappa shape index (κ1) is 12.3. The summed E-state index contributed by atoms with van der Waals surface area (Å²) in [4.78, 5) is 0. The molecular formula is C9H20O2S. The molecule has 0 aliphatic heterocycles. The summed E-state index contributed by atoms with van der Waals surface area (Å²) in [5.41, 5.74) is 0. The molecule has 0 fully saturated rings. The Labute approximate surface area is 79.7 Å². The Morgan fingerprint density at radius 1 is 1.42 bits per heavy atom. The average Bonchev–Trinajstić information content (AvgIpc) is 2.10. The number of ether oxygens (including phenoxy) is 1. The third-order valence-corrected chi connectivity index (χ3v) is 2.70. The normalized spacial score (nSPS) is 16.0. The lowest BCUT2D eigenvalue weighted by Gasteiger charge is -2.17. The fourth-order valence-corrected chi connectivity index (χ4v) is 1.50. The van der Waals surface area contributed by atoms with Crippen molar-refractivity contribution in [2.75, 3.05) is 25.7 Å². The van der Waals surface area contributed by atoms with Crippen molar-refractivity contribution in [1.82, 2.24) is 0 Å². The van der Waals surface area contributed by atoms with Gasteiger partial charge in [0.25, 0.3) is 0 Å². The molecule has 0 aliphatic carbocycles. The minimum absolute atomic E-state index is 0.160. The molecule has 0 saturated carbocycles. The summed E-state index contributed by atoms with van der Waals surface area (Å²) in [6.45, 7) is 2.82. The van der Waals surface area contributed by atoms with Gasteiger partial charge >= 0.3 is 0 Å². The van der Waals surface area contributed by atoms with Gasteiger partial charge in [-0.15, -0.1) is 0 Å². The molecule has 74 valence electrons. The molecule has 2 nitrogen and oxygen atoms in total. The summed E-state index contributed by atoms with van der Waals surface area (Å²) < 4.78 is 4.95. The van der Waals surface area contributed by atoms with E-state index in [4.69, 9.17) is 4.74 Å². The standard InChI is InChI=1S/C9H20O2S/c1-8(4-6-11-2)9(10)5-7-12-3/h8-10H,4-7H2,1-3H3. The van der Waals surface area contributed by atoms with Crippen LogP contribution in [0.5, 0.6) is 0 Å². The Hall–Kier alpha value is 0.270. The summed E-state index contributed by atoms with van der Waals surface area (Å²) in [5.74, 6) is 1.40. The van der Waals surface area contributed by atoms with E-state index in [2.05, 4.69) is 13.2 Å². The van der Waals surface area contributed by atoms with E-state index >= 15 is 0 Å². The van der Waals surface area contributed by atoms with Gasteiger partial charge in [-0.2, -0.15) is 11.8 Å². The van der Waals surface area contributed by atoms with Crippen LogP contribution >= 0.6 is 11.8 Å². The molecule has 0 aromatic rings. The predicted octanol–water partition coefficient (Wildman–Crippen LogP) is 1.77. The second kappa shape index (κ2) is 7.90. The van der Waals surface area contributed by atoms with Crippen LogP contribution in [0.1, 0.15) is 19.8 Å². The van der Waals surface area contributed by atoms with Crippen LogP contribution in [0.25, 0.3) is 0 Å². The maximum atomic E-state index is 9.61. The Morgan fingerprint density at radius 3 is 2.58 bits per heavy atom. The fraction of sp³-hybridized carbons (Fsp3) is 1.00. The first-order valence-corrected chi connectivity index (χ1v) is 5.77. The third kappa shape index (κ3) is 5.86. The Morgan fingerprint density at radius 2 is 2.08 bits per heavy atom. The topological polar surface area (TPSA) is 29.5 Å². The first-order valence-electron chi connectivity index (χ1n) is 4.38. The predicted molar refractivity (Wildman–Crippen MR) is 54.7 cm³/mol. The SMILES string of the molecule is COCCC(C)C(O)CCSC. The summed E-state index contributed by atoms with van der Waals surface area (Å²) in [6.07, 6.45) is 3.75. The summed E-state index contributed by atoms with van der Waals surface area (Å²) >= 11 is 1.78. The van der Waals surface area contributed by atoms with E-state index in [1.807, 2.05) is 0 Å². The zero-order valence-corrected chi connectivity index (χ0v) is 9.06. The maximum absolute atomic E-state index is 9.61. The lowest BCUT2D eigenvalue weighted by molar-refractivity contribution is 0.0866. The molecule has 1 N–H and O–H groups in total. The van der Waals surface area contributed by atoms with Gasteiger partial charge in [0.2, 0.25) is 0 Å². The Kier molecular flexibility index (Phi) is 8.07. The van der Waals surface area contributed by atoms with Gasteiger partial charge in [0.05, 0.1) is 6.10 Å². The van der Waals surface area contributed by atoms with Gasteiger partial charge in [-0.1, -0.05) is 6.92 Å². The molecule has 0 spiro atoms. The van der Waals surface area contributed by atoms with Gasteiger partial charge < -0.3 is 9.84 Å². The molecule has 0 amide bonds. The van der Waals surface area contributed by atoms with Gasteiger partial charge in [0.15, 0.2) is 0 Å². The highest BCUT2D eigenvalue weighted by Crippen LogP contribution is 2.13. The molecule has 2 unspecified atom stereocenters. The van der Waals surface area contributed by atoms with Crippen molar-refractivity contribution in [3.63, 3.8) is 0 Å². The highest BCUT2D eigenvalue weighted by atomic mass is 32.2. The number of thioether (sulfide) groups is 1. The van der Waals surface area contributed by atoms with E-state index in [1.165, 1.54) is 0 Å². The van der Waals surface area contributed by atoms with E-state index in [0.717, 1.165) is 25.2 Å². The molecule has 0 heterocycles. The summed E-state index contributed by atoms with van der Waals surface area (Å²) in [7, 11) is 1.70. The van der Waals surface area contributed by atoms with Crippen LogP contribution in [0.4, 0.5) is 0 Å². The second-order valence-corrected chi connectivity index (χ2v) is 4.09. The molecule has 0 aromatic heterocycles. The molecular weight excluding hydrogens is 172 g/mol. The highest BCUT2D eigenvalue weighted by molar-refractivity contribution is 7.98. The van der Waals surface area contributed by atoms with E-state index in [1.54, 1.807) is 18.9 Å². The number of methoxy groups -OCH3 is 1. The molecule has 0 bridgehead atoms. The van der Waals surface area contributed by atoms with E-state index in [9.17, 15) is 5.11 Å². The largest absolute Gasteiger partial charge is 0.393 e. The quantitative estimate of drug-likeness (QED) is 0.666. The molecule has 0 radical (unpaired) electrons. The molecule has 0 aliphatic rings. The fourth-order valence-electron chi connectivity index (χ4n) is 1.02. The Bertz CT molecular complexity index is 86.5. The van der Waals surface area contributed by atoms with Gasteiger partial charge in [0, 0.05) is 13.7 Å². The number of rotatable bonds is 7. The van der Waals surface area contributed by atoms with Crippen molar-refractivity contribution >= 4 is 11.8 Å². The maximum Gasteiger partial charge on any atom is 0.0574 e. The van der Waals surface area contributed by atoms with Crippen LogP contribution in [-0.2, 0) is 4.74 Å². The number of aliphatic hydroxyl groups excluding tert-OH is 1. The number of aliphatic hydroxyl groups is 1. The molecule has 0 rings (SSSR count). The van der Waals surface area contributed by atoms with Gasteiger partial charge in [-0.05, 0) is 30.8 Å². The summed E-state index contributed by atoms with van der Waals surface area (Å²) in [6, 6.07) is 0. The van der Waals surface area contributed by atoms with E-state index in [-0.39, 0.29) is 6.10 Å². The van der Waals surface area contributed by atoms with E-state index < -0.39 is 0 Å². The van der Waals surface area contributed by atoms with Crippen molar-refractivity contribution in [3.8, 4) is 0 Å². The first-order chi connectivity index (χ1) is 5.72. The Balaban J connectivity index is 3.39. The third-order valence-electron chi connectivity index (χ3n) is 2.05. The van der Waals surface area contributed by atoms with Crippen molar-refractivity contribution in [1.29, 1.82) is 0 Å². The van der Waals surface area contributed by atoms with Crippen LogP contribution < -0.4 is 0 Å². The molecule has 0 saturated heterocycles. The minimum Gasteiger partial charge on any atom is -0.393 e. The van der Waals surface area contributed by atoms with Crippen molar-refractivity contribution in [2.45, 2.75) is 25.9 Å². The number of hydrogen-bond acceptors (Lipinski definition) is 3. The van der Waals surface area contributed by atoms with Crippen LogP contribution in [0.2, 0.25) is 0 Å². The highest BCUT2D eigenvalue weighted by Gasteiger charge is 2.12. The van der Waals surface area contributed by atoms with Crippen molar-refractivity contribution in [2.24, 2.45) is 5.92 Å². The molecule has 2 atom stereocenters.